The second-order valence-electron chi connectivity index (χ2n) is 5.51. The highest BCUT2D eigenvalue weighted by Crippen LogP contribution is 2.31. The fourth-order valence-electron chi connectivity index (χ4n) is 2.67. The highest BCUT2D eigenvalue weighted by molar-refractivity contribution is 5.86. The summed E-state index contributed by atoms with van der Waals surface area (Å²) < 4.78 is 11.0. The minimum atomic E-state index is -1.65. The molecule has 9 nitrogen and oxygen atoms in total. The summed E-state index contributed by atoms with van der Waals surface area (Å²) >= 11 is 0. The Hall–Kier alpha value is -1.94. The second kappa shape index (κ2) is 9.52. The minimum absolute atomic E-state index is 0.192. The fourth-order valence-corrected chi connectivity index (χ4v) is 2.67. The lowest BCUT2D eigenvalue weighted by Gasteiger charge is -2.41. The molecule has 5 N–H and O–H groups in total. The molecule has 1 amide bonds. The SMILES string of the molecule is CC=CC1=C(C(=O)O)O[C@@H]([C@H](O)[C@H](O)CO)[C@H](NC(C)=O)[C@H]1OCC. The number of carbonyl (C=O) groups is 2. The Morgan fingerprint density at radius 2 is 2.04 bits per heavy atom. The Balaban J connectivity index is 3.46. The zero-order chi connectivity index (χ0) is 19.1. The van der Waals surface area contributed by atoms with E-state index < -0.39 is 54.7 Å². The van der Waals surface area contributed by atoms with E-state index in [1.165, 1.54) is 13.0 Å². The summed E-state index contributed by atoms with van der Waals surface area (Å²) in [5.41, 5.74) is 0.192. The van der Waals surface area contributed by atoms with Gasteiger partial charge in [-0.2, -0.15) is 0 Å². The van der Waals surface area contributed by atoms with E-state index in [0.717, 1.165) is 0 Å². The number of hydrogen-bond acceptors (Lipinski definition) is 7. The van der Waals surface area contributed by atoms with Crippen molar-refractivity contribution in [3.8, 4) is 0 Å². The minimum Gasteiger partial charge on any atom is -0.478 e. The summed E-state index contributed by atoms with van der Waals surface area (Å²) in [7, 11) is 0. The van der Waals surface area contributed by atoms with E-state index in [-0.39, 0.29) is 12.2 Å². The van der Waals surface area contributed by atoms with Gasteiger partial charge in [0.05, 0.1) is 12.6 Å². The van der Waals surface area contributed by atoms with Crippen molar-refractivity contribution in [2.45, 2.75) is 51.2 Å². The number of hydrogen-bond donors (Lipinski definition) is 5. The Bertz CT molecular complexity index is 544. The Kier molecular flexibility index (Phi) is 8.04. The van der Waals surface area contributed by atoms with Crippen LogP contribution in [-0.2, 0) is 19.1 Å². The summed E-state index contributed by atoms with van der Waals surface area (Å²) in [5, 5.41) is 41.0. The first-order valence-electron chi connectivity index (χ1n) is 7.90. The zero-order valence-electron chi connectivity index (χ0n) is 14.4. The summed E-state index contributed by atoms with van der Waals surface area (Å²) in [6.45, 7) is 4.07. The molecule has 0 aromatic rings. The molecular weight excluding hydrogens is 334 g/mol. The van der Waals surface area contributed by atoms with Crippen LogP contribution in [0.1, 0.15) is 20.8 Å². The monoisotopic (exact) mass is 359 g/mol. The third kappa shape index (κ3) is 5.02. The van der Waals surface area contributed by atoms with E-state index in [2.05, 4.69) is 5.32 Å². The van der Waals surface area contributed by atoms with Gasteiger partial charge in [-0.15, -0.1) is 0 Å². The second-order valence-corrected chi connectivity index (χ2v) is 5.51. The van der Waals surface area contributed by atoms with E-state index in [1.54, 1.807) is 19.9 Å². The molecular formula is C16H25NO8. The number of allylic oxidation sites excluding steroid dienone is 1. The number of carboxylic acids is 1. The first-order chi connectivity index (χ1) is 11.8. The lowest BCUT2D eigenvalue weighted by molar-refractivity contribution is -0.152. The quantitative estimate of drug-likeness (QED) is 0.368. The van der Waals surface area contributed by atoms with Gasteiger partial charge in [0.1, 0.15) is 18.3 Å². The molecule has 0 aliphatic carbocycles. The topological polar surface area (TPSA) is 146 Å². The molecule has 1 rings (SSSR count). The normalized spacial score (nSPS) is 26.2. The number of carboxylic acid groups (broad SMARTS) is 1. The third-order valence-corrected chi connectivity index (χ3v) is 3.68. The van der Waals surface area contributed by atoms with Crippen LogP contribution in [0.4, 0.5) is 0 Å². The van der Waals surface area contributed by atoms with Crippen LogP contribution >= 0.6 is 0 Å². The van der Waals surface area contributed by atoms with Crippen molar-refractivity contribution < 1.29 is 39.5 Å². The average molecular weight is 359 g/mol. The van der Waals surface area contributed by atoms with Crippen molar-refractivity contribution in [2.75, 3.05) is 13.2 Å². The molecule has 142 valence electrons. The lowest BCUT2D eigenvalue weighted by atomic mass is 9.88. The van der Waals surface area contributed by atoms with Crippen LogP contribution in [0.3, 0.4) is 0 Å². The first kappa shape index (κ1) is 21.1. The van der Waals surface area contributed by atoms with Gasteiger partial charge < -0.3 is 35.2 Å². The highest BCUT2D eigenvalue weighted by Gasteiger charge is 2.47. The third-order valence-electron chi connectivity index (χ3n) is 3.68. The van der Waals surface area contributed by atoms with Crippen molar-refractivity contribution in [2.24, 2.45) is 0 Å². The van der Waals surface area contributed by atoms with Crippen molar-refractivity contribution in [1.82, 2.24) is 5.32 Å². The van der Waals surface area contributed by atoms with Crippen LogP contribution in [0.15, 0.2) is 23.5 Å². The van der Waals surface area contributed by atoms with Gasteiger partial charge in [0, 0.05) is 19.1 Å². The summed E-state index contributed by atoms with van der Waals surface area (Å²) in [5.74, 6) is -2.28. The van der Waals surface area contributed by atoms with Gasteiger partial charge in [0.2, 0.25) is 11.7 Å². The summed E-state index contributed by atoms with van der Waals surface area (Å²) in [6.07, 6.45) is -2.40. The summed E-state index contributed by atoms with van der Waals surface area (Å²) in [6, 6.07) is -0.969. The molecule has 0 bridgehead atoms. The van der Waals surface area contributed by atoms with Crippen LogP contribution in [-0.4, -0.2) is 76.0 Å². The van der Waals surface area contributed by atoms with Crippen LogP contribution in [0.25, 0.3) is 0 Å². The summed E-state index contributed by atoms with van der Waals surface area (Å²) in [4.78, 5) is 23.2. The van der Waals surface area contributed by atoms with Gasteiger partial charge >= 0.3 is 5.97 Å². The molecule has 5 atom stereocenters. The van der Waals surface area contributed by atoms with Crippen LogP contribution in [0, 0.1) is 0 Å². The van der Waals surface area contributed by atoms with E-state index in [9.17, 15) is 24.9 Å². The molecule has 0 spiro atoms. The smallest absolute Gasteiger partial charge is 0.371 e. The largest absolute Gasteiger partial charge is 0.478 e. The van der Waals surface area contributed by atoms with Gasteiger partial charge in [-0.3, -0.25) is 4.79 Å². The molecule has 9 heteroatoms. The molecule has 0 fully saturated rings. The molecule has 0 unspecified atom stereocenters. The number of aliphatic hydroxyl groups is 3. The Morgan fingerprint density at radius 3 is 2.48 bits per heavy atom. The predicted octanol–water partition coefficient (Wildman–Crippen LogP) is -1.08. The zero-order valence-corrected chi connectivity index (χ0v) is 14.4. The molecule has 1 aliphatic rings. The Morgan fingerprint density at radius 1 is 1.40 bits per heavy atom. The number of carbonyl (C=O) groups excluding carboxylic acids is 1. The molecule has 0 saturated carbocycles. The predicted molar refractivity (Wildman–Crippen MR) is 86.5 cm³/mol. The number of ether oxygens (including phenoxy) is 2. The highest BCUT2D eigenvalue weighted by atomic mass is 16.5. The van der Waals surface area contributed by atoms with Gasteiger partial charge in [-0.25, -0.2) is 4.79 Å². The maximum absolute atomic E-state index is 11.6. The van der Waals surface area contributed by atoms with Gasteiger partial charge in [0.25, 0.3) is 0 Å². The average Bonchev–Trinajstić information content (AvgIpc) is 2.55. The van der Waals surface area contributed by atoms with E-state index >= 15 is 0 Å². The van der Waals surface area contributed by atoms with Gasteiger partial charge in [-0.1, -0.05) is 12.2 Å². The maximum atomic E-state index is 11.6. The molecule has 0 radical (unpaired) electrons. The molecule has 0 aromatic carbocycles. The molecule has 0 saturated heterocycles. The number of aliphatic carboxylic acids is 1. The number of aliphatic hydroxyl groups excluding tert-OH is 3. The maximum Gasteiger partial charge on any atom is 0.371 e. The van der Waals surface area contributed by atoms with Crippen LogP contribution in [0.2, 0.25) is 0 Å². The number of rotatable bonds is 8. The molecule has 1 aliphatic heterocycles. The van der Waals surface area contributed by atoms with Crippen molar-refractivity contribution >= 4 is 11.9 Å². The van der Waals surface area contributed by atoms with Crippen molar-refractivity contribution in [3.05, 3.63) is 23.5 Å². The molecule has 1 heterocycles. The molecule has 0 aromatic heterocycles. The van der Waals surface area contributed by atoms with E-state index in [0.29, 0.717) is 0 Å². The van der Waals surface area contributed by atoms with Crippen molar-refractivity contribution in [1.29, 1.82) is 0 Å². The number of nitrogens with one attached hydrogen (secondary N) is 1. The lowest BCUT2D eigenvalue weighted by Crippen LogP contribution is -2.61. The molecule has 25 heavy (non-hydrogen) atoms. The van der Waals surface area contributed by atoms with Gasteiger partial charge in [0.15, 0.2) is 6.10 Å². The van der Waals surface area contributed by atoms with Crippen molar-refractivity contribution in [3.63, 3.8) is 0 Å². The van der Waals surface area contributed by atoms with E-state index in [4.69, 9.17) is 14.6 Å². The number of amides is 1. The van der Waals surface area contributed by atoms with Crippen LogP contribution in [0.5, 0.6) is 0 Å². The van der Waals surface area contributed by atoms with Gasteiger partial charge in [-0.05, 0) is 13.8 Å². The first-order valence-corrected chi connectivity index (χ1v) is 7.90. The van der Waals surface area contributed by atoms with E-state index in [1.807, 2.05) is 0 Å². The standard InChI is InChI=1S/C16H25NO8/c1-4-6-9-13(24-5-2)11(17-8(3)19)15(12(21)10(20)7-18)25-14(9)16(22)23/h4,6,10-13,15,18,20-21H,5,7H2,1-3H3,(H,17,19)(H,22,23)/t10-,11-,12-,13+,15-/m1/s1. The van der Waals surface area contributed by atoms with Crippen LogP contribution < -0.4 is 5.32 Å². The fraction of sp³-hybridized carbons (Fsp3) is 0.625. The Labute approximate surface area is 145 Å².